The second-order valence-electron chi connectivity index (χ2n) is 14.0. The van der Waals surface area contributed by atoms with Crippen molar-refractivity contribution in [1.82, 2.24) is 19.7 Å². The minimum absolute atomic E-state index is 0.0986. The van der Waals surface area contributed by atoms with Gasteiger partial charge in [0.1, 0.15) is 11.9 Å². The van der Waals surface area contributed by atoms with Crippen LogP contribution in [0.1, 0.15) is 88.6 Å². The van der Waals surface area contributed by atoms with Gasteiger partial charge in [-0.25, -0.2) is 4.79 Å². The molecule has 1 aliphatic heterocycles. The van der Waals surface area contributed by atoms with Gasteiger partial charge in [0.25, 0.3) is 0 Å². The smallest absolute Gasteiger partial charge is 0.410 e. The molecule has 0 atom stereocenters. The summed E-state index contributed by atoms with van der Waals surface area (Å²) in [6.45, 7) is 9.16. The van der Waals surface area contributed by atoms with E-state index in [1.807, 2.05) is 29.9 Å². The van der Waals surface area contributed by atoms with Crippen LogP contribution in [0, 0.1) is 18.8 Å². The number of rotatable bonds is 9. The van der Waals surface area contributed by atoms with Crippen LogP contribution >= 0.6 is 0 Å². The summed E-state index contributed by atoms with van der Waals surface area (Å²) in [7, 11) is 1.68. The van der Waals surface area contributed by atoms with Gasteiger partial charge in [-0.1, -0.05) is 12.1 Å². The Balaban J connectivity index is 1.15. The van der Waals surface area contributed by atoms with Crippen LogP contribution < -0.4 is 9.64 Å². The zero-order valence-electron chi connectivity index (χ0n) is 29.0. The van der Waals surface area contributed by atoms with E-state index in [1.54, 1.807) is 12.0 Å². The highest BCUT2D eigenvalue weighted by atomic mass is 16.6. The van der Waals surface area contributed by atoms with Crippen LogP contribution in [0.2, 0.25) is 0 Å². The molecular formula is C38H51N5O5. The molecule has 3 fully saturated rings. The van der Waals surface area contributed by atoms with Crippen molar-refractivity contribution in [1.29, 1.82) is 0 Å². The minimum atomic E-state index is -0.261. The monoisotopic (exact) mass is 657 g/mol. The standard InChI is InChI=1S/C38H51N5O5/c1-26(2)43-25-32(23-39-43)31-6-5-7-33(22-31)42(24-28-8-10-29(11-9-28)35-16-17-36(46-4)27(3)40-35)37(44)30-12-14-34(15-13-30)48-38(45)41-18-20-47-21-19-41/h5-7,16-17,22-23,25-26,28-30,34H,8-15,18-21,24H2,1-4H3/t28-,29-,30-,34-. The third-order valence-corrected chi connectivity index (χ3v) is 10.4. The Morgan fingerprint density at radius 1 is 0.979 bits per heavy atom. The zero-order valence-corrected chi connectivity index (χ0v) is 29.0. The number of nitrogens with zero attached hydrogens (tertiary/aromatic N) is 5. The molecule has 2 aromatic heterocycles. The van der Waals surface area contributed by atoms with Crippen LogP contribution in [0.4, 0.5) is 10.5 Å². The van der Waals surface area contributed by atoms with E-state index in [-0.39, 0.29) is 30.1 Å². The summed E-state index contributed by atoms with van der Waals surface area (Å²) in [6, 6.07) is 12.8. The van der Waals surface area contributed by atoms with Gasteiger partial charge in [-0.2, -0.15) is 5.10 Å². The maximum Gasteiger partial charge on any atom is 0.410 e. The average molecular weight is 658 g/mol. The van der Waals surface area contributed by atoms with Gasteiger partial charge in [-0.3, -0.25) is 14.5 Å². The Morgan fingerprint density at radius 3 is 2.40 bits per heavy atom. The maximum atomic E-state index is 14.4. The lowest BCUT2D eigenvalue weighted by Gasteiger charge is -2.36. The van der Waals surface area contributed by atoms with E-state index in [0.717, 1.165) is 59.6 Å². The topological polar surface area (TPSA) is 99.0 Å². The first kappa shape index (κ1) is 34.0. The van der Waals surface area contributed by atoms with Crippen LogP contribution in [0.3, 0.4) is 0 Å². The highest BCUT2D eigenvalue weighted by Crippen LogP contribution is 2.38. The van der Waals surface area contributed by atoms with Gasteiger partial charge in [0.15, 0.2) is 0 Å². The molecular weight excluding hydrogens is 606 g/mol. The molecule has 10 nitrogen and oxygen atoms in total. The number of carbonyl (C=O) groups excluding carboxylic acids is 2. The molecule has 0 radical (unpaired) electrons. The summed E-state index contributed by atoms with van der Waals surface area (Å²) in [4.78, 5) is 35.8. The molecule has 258 valence electrons. The Morgan fingerprint density at radius 2 is 1.73 bits per heavy atom. The van der Waals surface area contributed by atoms with E-state index in [4.69, 9.17) is 19.2 Å². The molecule has 10 heteroatoms. The summed E-state index contributed by atoms with van der Waals surface area (Å²) >= 11 is 0. The maximum absolute atomic E-state index is 14.4. The highest BCUT2D eigenvalue weighted by molar-refractivity contribution is 5.95. The number of amides is 2. The van der Waals surface area contributed by atoms with Crippen molar-refractivity contribution in [2.75, 3.05) is 44.9 Å². The number of morpholine rings is 1. The van der Waals surface area contributed by atoms with E-state index >= 15 is 0 Å². The SMILES string of the molecule is COc1ccc([C@H]2CC[C@H](CN(c3cccc(-c4cnn(C(C)C)c4)c3)C(=O)[C@H]3CC[C@H](OC(=O)N4CCOCC4)CC3)CC2)nc1C. The number of aryl methyl sites for hydroxylation is 1. The number of carbonyl (C=O) groups is 2. The van der Waals surface area contributed by atoms with Crippen molar-refractivity contribution in [3.8, 4) is 16.9 Å². The fourth-order valence-corrected chi connectivity index (χ4v) is 7.47. The van der Waals surface area contributed by atoms with E-state index in [2.05, 4.69) is 54.3 Å². The van der Waals surface area contributed by atoms with Gasteiger partial charge < -0.3 is 24.0 Å². The molecule has 3 aliphatic rings. The van der Waals surface area contributed by atoms with Crippen LogP contribution in [0.5, 0.6) is 5.75 Å². The number of benzene rings is 1. The third kappa shape index (κ3) is 8.02. The molecule has 3 aromatic rings. The lowest BCUT2D eigenvalue weighted by Crippen LogP contribution is -2.44. The number of methoxy groups -OCH3 is 1. The molecule has 0 N–H and O–H groups in total. The second kappa shape index (κ2) is 15.5. The lowest BCUT2D eigenvalue weighted by molar-refractivity contribution is -0.124. The average Bonchev–Trinajstić information content (AvgIpc) is 3.63. The fraction of sp³-hybridized carbons (Fsp3) is 0.579. The van der Waals surface area contributed by atoms with E-state index in [9.17, 15) is 9.59 Å². The summed E-state index contributed by atoms with van der Waals surface area (Å²) in [6.07, 6.45) is 10.6. The van der Waals surface area contributed by atoms with E-state index in [0.29, 0.717) is 70.4 Å². The van der Waals surface area contributed by atoms with Crippen molar-refractivity contribution in [2.24, 2.45) is 11.8 Å². The number of hydrogen-bond acceptors (Lipinski definition) is 7. The van der Waals surface area contributed by atoms with Crippen LogP contribution in [-0.4, -0.2) is 77.7 Å². The van der Waals surface area contributed by atoms with E-state index in [1.165, 1.54) is 0 Å². The Kier molecular flexibility index (Phi) is 11.0. The summed E-state index contributed by atoms with van der Waals surface area (Å²) in [5.74, 6) is 1.73. The van der Waals surface area contributed by atoms with E-state index < -0.39 is 0 Å². The molecule has 0 spiro atoms. The summed E-state index contributed by atoms with van der Waals surface area (Å²) < 4.78 is 18.6. The first-order valence-electron chi connectivity index (χ1n) is 17.8. The molecule has 0 bridgehead atoms. The van der Waals surface area contributed by atoms with Gasteiger partial charge >= 0.3 is 6.09 Å². The number of aromatic nitrogens is 3. The van der Waals surface area contributed by atoms with Gasteiger partial charge in [0.2, 0.25) is 5.91 Å². The first-order chi connectivity index (χ1) is 23.3. The molecule has 2 amide bonds. The first-order valence-corrected chi connectivity index (χ1v) is 17.8. The summed E-state index contributed by atoms with van der Waals surface area (Å²) in [5, 5.41) is 4.55. The predicted octanol–water partition coefficient (Wildman–Crippen LogP) is 7.18. The van der Waals surface area contributed by atoms with Gasteiger partial charge in [0.05, 0.1) is 32.2 Å². The normalized spacial score (nSPS) is 23.1. The van der Waals surface area contributed by atoms with Gasteiger partial charge in [0, 0.05) is 60.7 Å². The largest absolute Gasteiger partial charge is 0.495 e. The molecule has 0 unspecified atom stereocenters. The Labute approximate surface area is 284 Å². The predicted molar refractivity (Wildman–Crippen MR) is 185 cm³/mol. The van der Waals surface area contributed by atoms with Crippen molar-refractivity contribution in [3.05, 3.63) is 60.2 Å². The lowest BCUT2D eigenvalue weighted by atomic mass is 9.79. The number of anilines is 1. The van der Waals surface area contributed by atoms with Gasteiger partial charge in [-0.05, 0) is 108 Å². The van der Waals surface area contributed by atoms with Crippen molar-refractivity contribution < 1.29 is 23.8 Å². The molecule has 1 saturated heterocycles. The highest BCUT2D eigenvalue weighted by Gasteiger charge is 2.34. The quantitative estimate of drug-likeness (QED) is 0.240. The van der Waals surface area contributed by atoms with Gasteiger partial charge in [-0.15, -0.1) is 0 Å². The van der Waals surface area contributed by atoms with Crippen molar-refractivity contribution in [2.45, 2.75) is 90.2 Å². The molecule has 2 saturated carbocycles. The molecule has 48 heavy (non-hydrogen) atoms. The zero-order chi connectivity index (χ0) is 33.6. The van der Waals surface area contributed by atoms with Crippen LogP contribution in [0.25, 0.3) is 11.1 Å². The van der Waals surface area contributed by atoms with Crippen molar-refractivity contribution in [3.63, 3.8) is 0 Å². The second-order valence-corrected chi connectivity index (χ2v) is 14.0. The van der Waals surface area contributed by atoms with Crippen molar-refractivity contribution >= 4 is 17.7 Å². The Bertz CT molecular complexity index is 1530. The molecule has 3 heterocycles. The summed E-state index contributed by atoms with van der Waals surface area (Å²) in [5.41, 5.74) is 5.10. The number of hydrogen-bond donors (Lipinski definition) is 0. The van der Waals surface area contributed by atoms with Crippen LogP contribution in [-0.2, 0) is 14.3 Å². The third-order valence-electron chi connectivity index (χ3n) is 10.4. The molecule has 2 aliphatic carbocycles. The number of pyridine rings is 1. The molecule has 1 aromatic carbocycles. The molecule has 6 rings (SSSR count). The number of ether oxygens (including phenoxy) is 3. The van der Waals surface area contributed by atoms with Crippen LogP contribution in [0.15, 0.2) is 48.8 Å². The minimum Gasteiger partial charge on any atom is -0.495 e. The fourth-order valence-electron chi connectivity index (χ4n) is 7.47. The Hall–Kier alpha value is -3.92.